The molecule has 2 atom stereocenters. The van der Waals surface area contributed by atoms with Gasteiger partial charge in [-0.1, -0.05) is 18.2 Å². The molecule has 0 spiro atoms. The Kier molecular flexibility index (Phi) is 4.05. The number of nitrogens with zero attached hydrogens (tertiary/aromatic N) is 1. The lowest BCUT2D eigenvalue weighted by Gasteiger charge is -2.32. The van der Waals surface area contributed by atoms with Gasteiger partial charge in [0, 0.05) is 18.2 Å². The molecule has 0 radical (unpaired) electrons. The fraction of sp³-hybridized carbons (Fsp3) is 0.263. The maximum Gasteiger partial charge on any atom is 0.416 e. The minimum Gasteiger partial charge on any atom is -0.356 e. The van der Waals surface area contributed by atoms with Gasteiger partial charge in [0.2, 0.25) is 5.91 Å². The predicted molar refractivity (Wildman–Crippen MR) is 93.5 cm³/mol. The van der Waals surface area contributed by atoms with Gasteiger partial charge >= 0.3 is 6.18 Å². The highest BCUT2D eigenvalue weighted by Crippen LogP contribution is 2.36. The zero-order valence-electron chi connectivity index (χ0n) is 14.1. The van der Waals surface area contributed by atoms with Crippen molar-refractivity contribution in [1.82, 2.24) is 5.32 Å². The number of carbonyl (C=O) groups is 2. The Hall–Kier alpha value is -3.03. The number of hydrogen-bond acceptors (Lipinski definition) is 3. The summed E-state index contributed by atoms with van der Waals surface area (Å²) in [5, 5.41) is 5.60. The topological polar surface area (TPSA) is 61.4 Å². The molecule has 0 aromatic heterocycles. The van der Waals surface area contributed by atoms with Gasteiger partial charge in [-0.3, -0.25) is 9.59 Å². The number of benzene rings is 2. The first-order chi connectivity index (χ1) is 12.8. The summed E-state index contributed by atoms with van der Waals surface area (Å²) in [5.74, 6) is -0.732. The fourth-order valence-electron chi connectivity index (χ4n) is 3.61. The lowest BCUT2D eigenvalue weighted by molar-refractivity contribution is -0.137. The molecule has 0 saturated carbocycles. The van der Waals surface area contributed by atoms with Crippen LogP contribution in [0.5, 0.6) is 0 Å². The molecule has 8 heteroatoms. The van der Waals surface area contributed by atoms with E-state index in [-0.39, 0.29) is 17.5 Å². The zero-order valence-corrected chi connectivity index (χ0v) is 14.1. The van der Waals surface area contributed by atoms with Gasteiger partial charge in [-0.25, -0.2) is 0 Å². The monoisotopic (exact) mass is 375 g/mol. The molecular weight excluding hydrogens is 359 g/mol. The summed E-state index contributed by atoms with van der Waals surface area (Å²) >= 11 is 0. The number of nitrogens with one attached hydrogen (secondary N) is 2. The second-order valence-electron chi connectivity index (χ2n) is 6.66. The molecule has 2 amide bonds. The summed E-state index contributed by atoms with van der Waals surface area (Å²) < 4.78 is 38.5. The van der Waals surface area contributed by atoms with Gasteiger partial charge < -0.3 is 15.5 Å². The number of carbonyl (C=O) groups excluding carboxylic acids is 2. The van der Waals surface area contributed by atoms with Crippen molar-refractivity contribution in [3.05, 3.63) is 59.7 Å². The van der Waals surface area contributed by atoms with Crippen LogP contribution in [0.25, 0.3) is 0 Å². The molecule has 5 nitrogen and oxygen atoms in total. The molecule has 1 fully saturated rings. The smallest absolute Gasteiger partial charge is 0.356 e. The molecular formula is C19H16F3N3O2. The van der Waals surface area contributed by atoms with E-state index in [0.29, 0.717) is 18.7 Å². The molecule has 2 aliphatic rings. The van der Waals surface area contributed by atoms with E-state index in [1.54, 1.807) is 6.07 Å². The quantitative estimate of drug-likeness (QED) is 0.848. The maximum atomic E-state index is 12.8. The van der Waals surface area contributed by atoms with E-state index in [4.69, 9.17) is 0 Å². The minimum atomic E-state index is -4.51. The Morgan fingerprint density at radius 2 is 1.93 bits per heavy atom. The average molecular weight is 375 g/mol. The minimum absolute atomic E-state index is 0.0560. The highest BCUT2D eigenvalue weighted by Gasteiger charge is 2.41. The largest absolute Gasteiger partial charge is 0.416 e. The van der Waals surface area contributed by atoms with Crippen LogP contribution in [-0.2, 0) is 11.0 Å². The van der Waals surface area contributed by atoms with Crippen molar-refractivity contribution in [2.24, 2.45) is 0 Å². The molecule has 27 heavy (non-hydrogen) atoms. The van der Waals surface area contributed by atoms with Crippen LogP contribution < -0.4 is 15.5 Å². The summed E-state index contributed by atoms with van der Waals surface area (Å²) in [6.45, 7) is 0.416. The maximum absolute atomic E-state index is 12.8. The number of hydrogen-bond donors (Lipinski definition) is 2. The van der Waals surface area contributed by atoms with Crippen LogP contribution in [0.15, 0.2) is 48.5 Å². The van der Waals surface area contributed by atoms with Crippen LogP contribution in [0, 0.1) is 0 Å². The van der Waals surface area contributed by atoms with E-state index in [2.05, 4.69) is 10.6 Å². The lowest BCUT2D eigenvalue weighted by Crippen LogP contribution is -2.44. The third-order valence-corrected chi connectivity index (χ3v) is 4.86. The van der Waals surface area contributed by atoms with Crippen LogP contribution >= 0.6 is 0 Å². The molecule has 4 rings (SSSR count). The molecule has 1 saturated heterocycles. The van der Waals surface area contributed by atoms with E-state index < -0.39 is 23.7 Å². The predicted octanol–water partition coefficient (Wildman–Crippen LogP) is 3.03. The van der Waals surface area contributed by atoms with Crippen LogP contribution in [0.3, 0.4) is 0 Å². The van der Waals surface area contributed by atoms with Crippen LogP contribution in [0.1, 0.15) is 22.3 Å². The summed E-state index contributed by atoms with van der Waals surface area (Å²) in [5.41, 5.74) is 0.661. The standard InChI is InChI=1S/C19H16F3N3O2/c20-19(21,22)12-5-3-4-11(8-12)17(26)23-13-9-16-18(27)24-14-6-1-2-7-15(14)25(16)10-13/h1-8,13,16H,9-10H2,(H,23,26)(H,24,27). The second-order valence-corrected chi connectivity index (χ2v) is 6.66. The number of rotatable bonds is 2. The molecule has 2 aromatic carbocycles. The van der Waals surface area contributed by atoms with Gasteiger partial charge in [0.1, 0.15) is 6.04 Å². The number of halogens is 3. The number of fused-ring (bicyclic) bond motifs is 3. The summed E-state index contributed by atoms with van der Waals surface area (Å²) in [4.78, 5) is 26.6. The van der Waals surface area contributed by atoms with Crippen LogP contribution in [-0.4, -0.2) is 30.4 Å². The Labute approximate surface area is 153 Å². The molecule has 2 aromatic rings. The van der Waals surface area contributed by atoms with Gasteiger partial charge in [-0.05, 0) is 36.8 Å². The first-order valence-electron chi connectivity index (χ1n) is 8.47. The third-order valence-electron chi connectivity index (χ3n) is 4.86. The van der Waals surface area contributed by atoms with E-state index in [1.807, 2.05) is 23.1 Å². The molecule has 140 valence electrons. The first kappa shape index (κ1) is 17.4. The second kappa shape index (κ2) is 6.29. The molecule has 0 bridgehead atoms. The highest BCUT2D eigenvalue weighted by molar-refractivity contribution is 6.04. The lowest BCUT2D eigenvalue weighted by atomic mass is 10.1. The summed E-state index contributed by atoms with van der Waals surface area (Å²) in [6.07, 6.45) is -4.11. The zero-order chi connectivity index (χ0) is 19.2. The molecule has 0 aliphatic carbocycles. The number of amides is 2. The van der Waals surface area contributed by atoms with Gasteiger partial charge in [-0.2, -0.15) is 13.2 Å². The number of anilines is 2. The SMILES string of the molecule is O=C(NC1CC2C(=O)Nc3ccccc3N2C1)c1cccc(C(F)(F)F)c1. The fourth-order valence-corrected chi connectivity index (χ4v) is 3.61. The summed E-state index contributed by atoms with van der Waals surface area (Å²) in [6, 6.07) is 10.9. The van der Waals surface area contributed by atoms with Crippen molar-refractivity contribution < 1.29 is 22.8 Å². The Bertz CT molecular complexity index is 913. The third kappa shape index (κ3) is 3.22. The van der Waals surface area contributed by atoms with Crippen molar-refractivity contribution in [2.45, 2.75) is 24.7 Å². The average Bonchev–Trinajstić information content (AvgIpc) is 3.06. The van der Waals surface area contributed by atoms with Gasteiger partial charge in [0.25, 0.3) is 5.91 Å². The summed E-state index contributed by atoms with van der Waals surface area (Å²) in [7, 11) is 0. The van der Waals surface area contributed by atoms with Crippen LogP contribution in [0.2, 0.25) is 0 Å². The Morgan fingerprint density at radius 1 is 1.15 bits per heavy atom. The van der Waals surface area contributed by atoms with E-state index in [9.17, 15) is 22.8 Å². The molecule has 2 aliphatic heterocycles. The first-order valence-corrected chi connectivity index (χ1v) is 8.47. The molecule has 2 N–H and O–H groups in total. The highest BCUT2D eigenvalue weighted by atomic mass is 19.4. The van der Waals surface area contributed by atoms with Crippen molar-refractivity contribution in [3.8, 4) is 0 Å². The van der Waals surface area contributed by atoms with Gasteiger partial charge in [-0.15, -0.1) is 0 Å². The van der Waals surface area contributed by atoms with Crippen molar-refractivity contribution in [1.29, 1.82) is 0 Å². The Balaban J connectivity index is 1.51. The van der Waals surface area contributed by atoms with E-state index in [1.165, 1.54) is 12.1 Å². The van der Waals surface area contributed by atoms with Crippen molar-refractivity contribution in [2.75, 3.05) is 16.8 Å². The Morgan fingerprint density at radius 3 is 2.70 bits per heavy atom. The normalized spacial score (nSPS) is 21.3. The van der Waals surface area contributed by atoms with Gasteiger partial charge in [0.15, 0.2) is 0 Å². The molecule has 2 heterocycles. The van der Waals surface area contributed by atoms with Crippen molar-refractivity contribution >= 4 is 23.2 Å². The van der Waals surface area contributed by atoms with E-state index in [0.717, 1.165) is 17.8 Å². The molecule has 2 unspecified atom stereocenters. The number of para-hydroxylation sites is 2. The van der Waals surface area contributed by atoms with Crippen molar-refractivity contribution in [3.63, 3.8) is 0 Å². The van der Waals surface area contributed by atoms with E-state index >= 15 is 0 Å². The van der Waals surface area contributed by atoms with Gasteiger partial charge in [0.05, 0.1) is 16.9 Å². The number of alkyl halides is 3. The van der Waals surface area contributed by atoms with Crippen LogP contribution in [0.4, 0.5) is 24.5 Å².